The van der Waals surface area contributed by atoms with Crippen molar-refractivity contribution >= 4 is 12.0 Å². The van der Waals surface area contributed by atoms with Crippen molar-refractivity contribution in [3.63, 3.8) is 0 Å². The fourth-order valence-corrected chi connectivity index (χ4v) is 1.86. The third-order valence-electron chi connectivity index (χ3n) is 2.63. The Hall–Kier alpha value is -2.05. The number of carbonyl (C=O) groups excluding carboxylic acids is 1. The molecule has 1 heterocycles. The van der Waals surface area contributed by atoms with E-state index >= 15 is 0 Å². The first-order valence-corrected chi connectivity index (χ1v) is 6.41. The summed E-state index contributed by atoms with van der Waals surface area (Å²) in [6, 6.07) is -1.38. The van der Waals surface area contributed by atoms with Crippen molar-refractivity contribution in [2.45, 2.75) is 33.2 Å². The van der Waals surface area contributed by atoms with Crippen LogP contribution in [0, 0.1) is 5.41 Å². The molecule has 20 heavy (non-hydrogen) atoms. The lowest BCUT2D eigenvalue weighted by molar-refractivity contribution is -0.139. The molecule has 1 aromatic heterocycles. The maximum Gasteiger partial charge on any atom is 0.326 e. The number of aliphatic carboxylic acids is 1. The van der Waals surface area contributed by atoms with Crippen molar-refractivity contribution in [1.29, 1.82) is 0 Å². The van der Waals surface area contributed by atoms with Gasteiger partial charge in [0, 0.05) is 31.9 Å². The third kappa shape index (κ3) is 5.29. The van der Waals surface area contributed by atoms with Gasteiger partial charge in [-0.15, -0.1) is 0 Å². The van der Waals surface area contributed by atoms with Gasteiger partial charge < -0.3 is 20.3 Å². The molecule has 1 rings (SSSR count). The Morgan fingerprint density at radius 1 is 1.50 bits per heavy atom. The molecular weight excluding hydrogens is 260 g/mol. The van der Waals surface area contributed by atoms with E-state index in [1.807, 2.05) is 20.8 Å². The van der Waals surface area contributed by atoms with Crippen molar-refractivity contribution in [2.75, 3.05) is 13.6 Å². The van der Waals surface area contributed by atoms with Gasteiger partial charge in [0.05, 0.1) is 6.33 Å². The first-order valence-electron chi connectivity index (χ1n) is 6.41. The molecule has 0 fully saturated rings. The first kappa shape index (κ1) is 16.0. The number of carboxylic acid groups (broad SMARTS) is 1. The molecule has 1 aromatic rings. The smallest absolute Gasteiger partial charge is 0.326 e. The molecule has 0 saturated carbocycles. The molecule has 0 spiro atoms. The van der Waals surface area contributed by atoms with E-state index < -0.39 is 18.0 Å². The summed E-state index contributed by atoms with van der Waals surface area (Å²) in [7, 11) is 1.65. The van der Waals surface area contributed by atoms with Crippen LogP contribution < -0.4 is 5.32 Å². The molecule has 2 amide bonds. The van der Waals surface area contributed by atoms with E-state index in [1.54, 1.807) is 13.2 Å². The molecule has 0 aliphatic rings. The number of aromatic amines is 1. The second-order valence-electron chi connectivity index (χ2n) is 6.04. The Bertz CT molecular complexity index is 451. The molecule has 0 radical (unpaired) electrons. The summed E-state index contributed by atoms with van der Waals surface area (Å²) < 4.78 is 0. The summed E-state index contributed by atoms with van der Waals surface area (Å²) in [5.74, 6) is -1.07. The Kier molecular flexibility index (Phi) is 5.12. The summed E-state index contributed by atoms with van der Waals surface area (Å²) >= 11 is 0. The summed E-state index contributed by atoms with van der Waals surface area (Å²) in [6.45, 7) is 6.57. The van der Waals surface area contributed by atoms with Gasteiger partial charge in [-0.3, -0.25) is 0 Å². The maximum absolute atomic E-state index is 12.0. The number of carboxylic acids is 1. The minimum absolute atomic E-state index is 0.0474. The number of aromatic nitrogens is 2. The van der Waals surface area contributed by atoms with Crippen molar-refractivity contribution in [3.05, 3.63) is 18.2 Å². The number of H-pyrrole nitrogens is 1. The Morgan fingerprint density at radius 3 is 2.60 bits per heavy atom. The van der Waals surface area contributed by atoms with Crippen LogP contribution in [0.15, 0.2) is 12.5 Å². The fourth-order valence-electron chi connectivity index (χ4n) is 1.86. The Labute approximate surface area is 118 Å². The first-order chi connectivity index (χ1) is 9.19. The zero-order valence-corrected chi connectivity index (χ0v) is 12.3. The van der Waals surface area contributed by atoms with Crippen LogP contribution in [0.5, 0.6) is 0 Å². The minimum Gasteiger partial charge on any atom is -0.480 e. The van der Waals surface area contributed by atoms with Crippen LogP contribution in [-0.4, -0.2) is 51.6 Å². The Morgan fingerprint density at radius 2 is 2.15 bits per heavy atom. The molecule has 0 bridgehead atoms. The average Bonchev–Trinajstić information content (AvgIpc) is 2.78. The third-order valence-corrected chi connectivity index (χ3v) is 2.63. The van der Waals surface area contributed by atoms with Gasteiger partial charge in [-0.2, -0.15) is 0 Å². The lowest BCUT2D eigenvalue weighted by atomic mass is 9.96. The number of amides is 2. The van der Waals surface area contributed by atoms with E-state index in [0.29, 0.717) is 12.2 Å². The highest BCUT2D eigenvalue weighted by Crippen LogP contribution is 2.14. The van der Waals surface area contributed by atoms with Crippen LogP contribution in [0.4, 0.5) is 4.79 Å². The van der Waals surface area contributed by atoms with E-state index in [0.717, 1.165) is 0 Å². The van der Waals surface area contributed by atoms with E-state index in [4.69, 9.17) is 5.11 Å². The second kappa shape index (κ2) is 6.40. The van der Waals surface area contributed by atoms with Crippen molar-refractivity contribution in [3.8, 4) is 0 Å². The highest BCUT2D eigenvalue weighted by atomic mass is 16.4. The minimum atomic E-state index is -1.07. The van der Waals surface area contributed by atoms with Gasteiger partial charge in [0.15, 0.2) is 0 Å². The number of nitrogens with zero attached hydrogens (tertiary/aromatic N) is 2. The van der Waals surface area contributed by atoms with Crippen molar-refractivity contribution in [1.82, 2.24) is 20.2 Å². The monoisotopic (exact) mass is 282 g/mol. The standard InChI is InChI=1S/C13H22N4O3/c1-13(2,3)7-17(4)12(20)16-10(11(18)19)5-9-6-14-8-15-9/h6,8,10H,5,7H2,1-4H3,(H,14,15)(H,16,20)(H,18,19). The topological polar surface area (TPSA) is 98.3 Å². The predicted molar refractivity (Wildman–Crippen MR) is 74.3 cm³/mol. The van der Waals surface area contributed by atoms with E-state index in [1.165, 1.54) is 11.2 Å². The molecule has 7 nitrogen and oxygen atoms in total. The van der Waals surface area contributed by atoms with E-state index in [2.05, 4.69) is 15.3 Å². The van der Waals surface area contributed by atoms with Gasteiger partial charge in [0.2, 0.25) is 0 Å². The molecular formula is C13H22N4O3. The number of hydrogen-bond acceptors (Lipinski definition) is 3. The predicted octanol–water partition coefficient (Wildman–Crippen LogP) is 1.09. The van der Waals surface area contributed by atoms with Crippen LogP contribution in [0.3, 0.4) is 0 Å². The average molecular weight is 282 g/mol. The normalized spacial score (nSPS) is 12.8. The van der Waals surface area contributed by atoms with E-state index in [9.17, 15) is 9.59 Å². The quantitative estimate of drug-likeness (QED) is 0.753. The van der Waals surface area contributed by atoms with Crippen LogP contribution in [0.25, 0.3) is 0 Å². The van der Waals surface area contributed by atoms with Gasteiger partial charge in [-0.25, -0.2) is 14.6 Å². The van der Waals surface area contributed by atoms with Crippen LogP contribution in [-0.2, 0) is 11.2 Å². The fraction of sp³-hybridized carbons (Fsp3) is 0.615. The van der Waals surface area contributed by atoms with Gasteiger partial charge in [-0.05, 0) is 5.41 Å². The zero-order valence-electron chi connectivity index (χ0n) is 12.3. The molecule has 7 heteroatoms. The van der Waals surface area contributed by atoms with Gasteiger partial charge in [0.1, 0.15) is 6.04 Å². The number of rotatable bonds is 5. The van der Waals surface area contributed by atoms with Crippen molar-refractivity contribution < 1.29 is 14.7 Å². The molecule has 0 aliphatic carbocycles. The molecule has 0 saturated heterocycles. The van der Waals surface area contributed by atoms with Gasteiger partial charge >= 0.3 is 12.0 Å². The lowest BCUT2D eigenvalue weighted by Crippen LogP contribution is -2.49. The SMILES string of the molecule is CN(CC(C)(C)C)C(=O)NC(Cc1cnc[nH]1)C(=O)O. The number of carbonyl (C=O) groups is 2. The Balaban J connectivity index is 2.61. The van der Waals surface area contributed by atoms with Gasteiger partial charge in [0.25, 0.3) is 0 Å². The van der Waals surface area contributed by atoms with Crippen molar-refractivity contribution in [2.24, 2.45) is 5.41 Å². The number of nitrogens with one attached hydrogen (secondary N) is 2. The number of hydrogen-bond donors (Lipinski definition) is 3. The maximum atomic E-state index is 12.0. The van der Waals surface area contributed by atoms with Crippen LogP contribution >= 0.6 is 0 Å². The van der Waals surface area contributed by atoms with E-state index in [-0.39, 0.29) is 11.8 Å². The highest BCUT2D eigenvalue weighted by Gasteiger charge is 2.24. The summed E-state index contributed by atoms with van der Waals surface area (Å²) in [6.07, 6.45) is 3.19. The molecule has 0 aromatic carbocycles. The molecule has 0 aliphatic heterocycles. The summed E-state index contributed by atoms with van der Waals surface area (Å²) in [5, 5.41) is 11.7. The van der Waals surface area contributed by atoms with Crippen LogP contribution in [0.1, 0.15) is 26.5 Å². The zero-order chi connectivity index (χ0) is 15.3. The largest absolute Gasteiger partial charge is 0.480 e. The van der Waals surface area contributed by atoms with Gasteiger partial charge in [-0.1, -0.05) is 20.8 Å². The second-order valence-corrected chi connectivity index (χ2v) is 6.04. The summed E-state index contributed by atoms with van der Waals surface area (Å²) in [5.41, 5.74) is 0.616. The molecule has 1 unspecified atom stereocenters. The number of urea groups is 1. The molecule has 112 valence electrons. The molecule has 1 atom stereocenters. The lowest BCUT2D eigenvalue weighted by Gasteiger charge is -2.27. The summed E-state index contributed by atoms with van der Waals surface area (Å²) in [4.78, 5) is 31.3. The molecule has 3 N–H and O–H groups in total. The highest BCUT2D eigenvalue weighted by molar-refractivity contribution is 5.82. The van der Waals surface area contributed by atoms with Crippen LogP contribution in [0.2, 0.25) is 0 Å². The number of imidazole rings is 1.